The Bertz CT molecular complexity index is 3110. The topological polar surface area (TPSA) is 294 Å². The normalized spacial score (nSPS) is 16.2. The number of hydrogen-bond donors (Lipinski definition) is 4. The molecule has 0 spiro atoms. The third kappa shape index (κ3) is 14.3. The van der Waals surface area contributed by atoms with Crippen LogP contribution in [0.2, 0.25) is 0 Å². The first-order valence-corrected chi connectivity index (χ1v) is 26.3. The van der Waals surface area contributed by atoms with Crippen molar-refractivity contribution in [2.75, 3.05) is 117 Å². The first kappa shape index (κ1) is 53.0. The summed E-state index contributed by atoms with van der Waals surface area (Å²) in [5.74, 6) is 4.37. The van der Waals surface area contributed by atoms with Crippen LogP contribution < -0.4 is 32.0 Å². The highest BCUT2D eigenvalue weighted by molar-refractivity contribution is 7.90. The minimum atomic E-state index is -3.57. The van der Waals surface area contributed by atoms with Crippen LogP contribution in [0.3, 0.4) is 0 Å². The summed E-state index contributed by atoms with van der Waals surface area (Å²) in [7, 11) is 5.05. The zero-order valence-corrected chi connectivity index (χ0v) is 43.3. The Morgan fingerprint density at radius 3 is 1.59 bits per heavy atom. The van der Waals surface area contributed by atoms with E-state index >= 15 is 0 Å². The number of likely N-dealkylation sites (N-methyl/N-ethyl adjacent to an activating group) is 2. The van der Waals surface area contributed by atoms with E-state index < -0.39 is 15.0 Å². The Balaban J connectivity index is 0.000000159. The molecule has 0 amide bonds. The summed E-state index contributed by atoms with van der Waals surface area (Å²) < 4.78 is 47.6. The summed E-state index contributed by atoms with van der Waals surface area (Å²) in [6.07, 6.45) is 8.25. The Morgan fingerprint density at radius 1 is 0.662 bits per heavy atom. The van der Waals surface area contributed by atoms with Crippen LogP contribution in [0, 0.1) is 0 Å². The molecule has 10 rings (SSSR count). The Hall–Kier alpha value is -7.29. The van der Waals surface area contributed by atoms with Gasteiger partial charge < -0.3 is 50.6 Å². The molecular formula is C49H66N18O6S. The van der Waals surface area contributed by atoms with Crippen molar-refractivity contribution in [3.05, 3.63) is 96.4 Å². The SMILES string of the molecule is CN(C)[C@@H]1CCN(CCOc2ccc(CCN)cc2)C1.CN(C)[C@@H]1CCN(CCOc2ccc(CCNc3nc(N)n4nc(-c5ccco5)nc4n3)cc2)C1.CS(=O)(=O)c1nc(N)n2nc(-c3ccco3)nc2n1. The van der Waals surface area contributed by atoms with Gasteiger partial charge in [0.05, 0.1) is 12.5 Å². The minimum absolute atomic E-state index is 0.0410. The van der Waals surface area contributed by atoms with Gasteiger partial charge >= 0.3 is 0 Å². The largest absolute Gasteiger partial charge is 0.492 e. The molecule has 74 heavy (non-hydrogen) atoms. The van der Waals surface area contributed by atoms with Gasteiger partial charge in [-0.05, 0) is 133 Å². The number of benzene rings is 2. The van der Waals surface area contributed by atoms with E-state index in [0.717, 1.165) is 74.4 Å². The summed E-state index contributed by atoms with van der Waals surface area (Å²) >= 11 is 0. The predicted molar refractivity (Wildman–Crippen MR) is 280 cm³/mol. The lowest BCUT2D eigenvalue weighted by Crippen LogP contribution is -2.33. The van der Waals surface area contributed by atoms with E-state index in [1.165, 1.54) is 41.3 Å². The van der Waals surface area contributed by atoms with Gasteiger partial charge in [-0.15, -0.1) is 10.2 Å². The molecule has 2 aromatic carbocycles. The van der Waals surface area contributed by atoms with Crippen LogP contribution in [0.25, 0.3) is 34.7 Å². The average Bonchev–Trinajstić information content (AvgIpc) is 4.24. The molecule has 2 fully saturated rings. The number of likely N-dealkylation sites (tertiary alicyclic amines) is 2. The van der Waals surface area contributed by atoms with Crippen LogP contribution in [0.1, 0.15) is 24.0 Å². The number of nitrogen functional groups attached to an aromatic ring is 2. The maximum atomic E-state index is 11.4. The highest BCUT2D eigenvalue weighted by Gasteiger charge is 2.25. The number of aromatic nitrogens is 10. The molecule has 2 aliphatic rings. The summed E-state index contributed by atoms with van der Waals surface area (Å²) in [6.45, 7) is 9.37. The second-order valence-corrected chi connectivity index (χ2v) is 20.3. The van der Waals surface area contributed by atoms with Crippen molar-refractivity contribution in [3.8, 4) is 34.7 Å². The molecule has 0 aliphatic carbocycles. The van der Waals surface area contributed by atoms with Gasteiger partial charge in [0, 0.05) is 51.1 Å². The lowest BCUT2D eigenvalue weighted by Gasteiger charge is -2.20. The van der Waals surface area contributed by atoms with E-state index in [1.54, 1.807) is 30.5 Å². The van der Waals surface area contributed by atoms with E-state index in [4.69, 9.17) is 35.5 Å². The van der Waals surface area contributed by atoms with Crippen LogP contribution in [-0.2, 0) is 22.7 Å². The smallest absolute Gasteiger partial charge is 0.259 e. The number of anilines is 3. The van der Waals surface area contributed by atoms with Crippen LogP contribution in [0.15, 0.2) is 99.3 Å². The molecule has 8 aromatic rings. The van der Waals surface area contributed by atoms with Crippen LogP contribution in [-0.4, -0.2) is 189 Å². The zero-order valence-electron chi connectivity index (χ0n) is 42.5. The van der Waals surface area contributed by atoms with Crippen molar-refractivity contribution in [3.63, 3.8) is 0 Å². The second kappa shape index (κ2) is 24.6. The van der Waals surface area contributed by atoms with Crippen molar-refractivity contribution in [2.45, 2.75) is 42.9 Å². The van der Waals surface area contributed by atoms with Gasteiger partial charge in [0.1, 0.15) is 24.7 Å². The first-order valence-electron chi connectivity index (χ1n) is 24.4. The highest BCUT2D eigenvalue weighted by atomic mass is 32.2. The quantitative estimate of drug-likeness (QED) is 0.0905. The van der Waals surface area contributed by atoms with Crippen LogP contribution >= 0.6 is 0 Å². The Labute approximate surface area is 429 Å². The number of furan rings is 2. The highest BCUT2D eigenvalue weighted by Crippen LogP contribution is 2.21. The Morgan fingerprint density at radius 2 is 1.15 bits per heavy atom. The van der Waals surface area contributed by atoms with Gasteiger partial charge in [0.15, 0.2) is 11.5 Å². The number of sulfone groups is 1. The number of nitrogens with one attached hydrogen (secondary N) is 1. The maximum Gasteiger partial charge on any atom is 0.259 e. The summed E-state index contributed by atoms with van der Waals surface area (Å²) in [5.41, 5.74) is 19.7. The fourth-order valence-electron chi connectivity index (χ4n) is 8.31. The van der Waals surface area contributed by atoms with Crippen LogP contribution in [0.4, 0.5) is 17.8 Å². The number of hydrogen-bond acceptors (Lipinski definition) is 22. The minimum Gasteiger partial charge on any atom is -0.492 e. The number of rotatable bonds is 19. The van der Waals surface area contributed by atoms with Gasteiger partial charge in [-0.1, -0.05) is 24.3 Å². The van der Waals surface area contributed by atoms with E-state index in [9.17, 15) is 8.42 Å². The molecule has 6 aromatic heterocycles. The molecule has 394 valence electrons. The lowest BCUT2D eigenvalue weighted by molar-refractivity contribution is 0.220. The maximum absolute atomic E-state index is 11.4. The number of nitrogens with zero attached hydrogens (tertiary/aromatic N) is 14. The average molecular weight is 1040 g/mol. The van der Waals surface area contributed by atoms with E-state index in [2.05, 4.69) is 117 Å². The molecule has 0 saturated carbocycles. The fourth-order valence-corrected chi connectivity index (χ4v) is 8.81. The van der Waals surface area contributed by atoms with Gasteiger partial charge in [-0.25, -0.2) is 8.42 Å². The molecule has 24 nitrogen and oxygen atoms in total. The monoisotopic (exact) mass is 1030 g/mol. The third-order valence-electron chi connectivity index (χ3n) is 12.5. The summed E-state index contributed by atoms with van der Waals surface area (Å²) in [6, 6.07) is 24.7. The molecule has 2 aliphatic heterocycles. The van der Waals surface area contributed by atoms with E-state index in [1.807, 2.05) is 24.3 Å². The third-order valence-corrected chi connectivity index (χ3v) is 13.4. The number of nitrogens with two attached hydrogens (primary N) is 3. The van der Waals surface area contributed by atoms with Crippen molar-refractivity contribution >= 4 is 39.2 Å². The molecule has 2 atom stereocenters. The van der Waals surface area contributed by atoms with Gasteiger partial charge in [0.2, 0.25) is 39.3 Å². The molecule has 8 heterocycles. The predicted octanol–water partition coefficient (Wildman–Crippen LogP) is 3.00. The molecular weight excluding hydrogens is 969 g/mol. The van der Waals surface area contributed by atoms with Crippen molar-refractivity contribution < 1.29 is 26.7 Å². The van der Waals surface area contributed by atoms with Gasteiger partial charge in [-0.2, -0.15) is 38.9 Å². The van der Waals surface area contributed by atoms with Gasteiger partial charge in [0.25, 0.3) is 16.7 Å². The Kier molecular flexibility index (Phi) is 17.6. The fraction of sp³-hybridized carbons (Fsp3) is 0.429. The van der Waals surface area contributed by atoms with Crippen molar-refractivity contribution in [1.29, 1.82) is 0 Å². The molecule has 0 bridgehead atoms. The second-order valence-electron chi connectivity index (χ2n) is 18.4. The summed E-state index contributed by atoms with van der Waals surface area (Å²) in [4.78, 5) is 34.2. The van der Waals surface area contributed by atoms with Crippen molar-refractivity contribution in [1.82, 2.24) is 68.7 Å². The lowest BCUT2D eigenvalue weighted by atomic mass is 10.1. The number of ether oxygens (including phenoxy) is 2. The number of fused-ring (bicyclic) bond motifs is 2. The van der Waals surface area contributed by atoms with E-state index in [-0.39, 0.29) is 23.5 Å². The van der Waals surface area contributed by atoms with Gasteiger partial charge in [-0.3, -0.25) is 9.80 Å². The zero-order chi connectivity index (χ0) is 52.2. The molecule has 7 N–H and O–H groups in total. The molecule has 25 heteroatoms. The molecule has 2 saturated heterocycles. The van der Waals surface area contributed by atoms with E-state index in [0.29, 0.717) is 60.9 Å². The van der Waals surface area contributed by atoms with Crippen molar-refractivity contribution in [2.24, 2.45) is 5.73 Å². The first-order chi connectivity index (χ1) is 35.7. The summed E-state index contributed by atoms with van der Waals surface area (Å²) in [5, 5.41) is 11.2. The molecule has 0 unspecified atom stereocenters. The standard InChI is InChI=1S/C24H31N9O2.C16H27N3O.C9H8N6O3S/c1-31(2)18-10-12-32(16-18)13-15-34-19-7-5-17(6-8-19)9-11-26-23-28-22(25)33-24(29-23)27-21(30-33)20-4-3-14-35-20;1-18(2)15-8-10-19(13-15)11-12-20-16-5-3-14(4-6-16)7-9-17;1-19(16,17)9-12-7(10)15-8(13-9)11-6(14-15)5-3-2-4-18-5/h3-8,14,18H,9-13,15-16H2,1-2H3,(H3,25,26,27,28,29,30);3-6,15H,7-13,17H2,1-2H3;2-4H,1H3,(H2,10,11,12,13,14)/t18-;15-;/m11./s1. The molecule has 0 radical (unpaired) electrons. The van der Waals surface area contributed by atoms with Crippen LogP contribution in [0.5, 0.6) is 11.5 Å².